The molecule has 1 aliphatic heterocycles. The normalized spacial score (nSPS) is 12.8. The molecule has 0 bridgehead atoms. The second kappa shape index (κ2) is 78.3. The van der Waals surface area contributed by atoms with Crippen molar-refractivity contribution in [2.45, 2.75) is 127 Å². The average Bonchev–Trinajstić information content (AvgIpc) is 1.73. The molecule has 5 aromatic carbocycles. The SMILES string of the molecule is C.C.CCCN(C)C.CCCNC.CNC.CNC(C)C1CCCC1C.CNCCN1CCCCC1.CNCCNC(C)=O.CNCc1cccnc1.CNc1ccc2ccsc2c1.CNc1ccc2ncsc2c1.CNc1cccc(C)c1.CNc1cccc(C)c1.CNc1cccc(N(C)C)c1.COCCN(C)C. The van der Waals surface area contributed by atoms with Crippen LogP contribution in [0.15, 0.2) is 151 Å². The number of aromatic nitrogens is 2. The van der Waals surface area contributed by atoms with Gasteiger partial charge in [-0.25, -0.2) is 4.98 Å². The zero-order chi connectivity index (χ0) is 82.3. The van der Waals surface area contributed by atoms with Gasteiger partial charge in [0.25, 0.3) is 0 Å². The van der Waals surface area contributed by atoms with E-state index in [2.05, 4.69) is 228 Å². The van der Waals surface area contributed by atoms with Crippen molar-refractivity contribution in [3.63, 3.8) is 0 Å². The molecule has 12 N–H and O–H groups in total. The van der Waals surface area contributed by atoms with E-state index in [0.717, 1.165) is 74.1 Å². The van der Waals surface area contributed by atoms with Crippen LogP contribution < -0.4 is 68.7 Å². The molecule has 1 aliphatic carbocycles. The van der Waals surface area contributed by atoms with Crippen LogP contribution in [-0.4, -0.2) is 236 Å². The summed E-state index contributed by atoms with van der Waals surface area (Å²) < 4.78 is 7.39. The highest BCUT2D eigenvalue weighted by Gasteiger charge is 2.27. The van der Waals surface area contributed by atoms with Crippen molar-refractivity contribution in [2.75, 3.05) is 231 Å². The standard InChI is InChI=1S/C9H14N2.C9H9NS.C9H19N.C8H8N2S.C8H18N2.2C8H11N.C7H10N2.C5H12N2O.C5H13NO.C5H13N.C4H11N.C2H7N.2CH4/c1-10-8-5-4-6-9(7-8)11(2)3;1-10-8-3-2-7-4-5-11-9(7)6-8;1-7-5-4-6-9(7)8(2)10-3;1-9-6-2-3-7-8(4-6)11-5-10-7;1-9-5-8-10-6-3-2-4-7-10;2*1-7-4-3-5-8(6-7)9-2;1-8-5-7-3-2-4-9-6-7;1-5(8)7-4-3-6-2;1-6(2)4-5-7-3;1-4-5-6(2)3;1-3-4-5-2;1-3-2;;/h4-7,10H,1-3H3;2-6,10H,1H3;7-10H,4-6H2,1-3H3;2-5,9H,1H3;9H,2-8H2,1H3;2*3-6,9H,1-2H3;2-4,6,8H,5H2,1H3;6H,3-4H2,1-2H3,(H,7,8);4-5H2,1-3H3;4-5H2,1-3H3;5H,3-4H2,1-2H3;3H,1-2H3;2*1H4. The third-order valence-corrected chi connectivity index (χ3v) is 18.2. The number of carbonyl (C=O) groups is 1. The number of rotatable bonds is 23. The number of thiazole rings is 1. The number of amides is 1. The minimum atomic E-state index is 0. The molecule has 1 saturated heterocycles. The molecule has 3 atom stereocenters. The highest BCUT2D eigenvalue weighted by molar-refractivity contribution is 7.17. The Bertz CT molecular complexity index is 3150. The van der Waals surface area contributed by atoms with E-state index in [1.165, 1.54) is 139 Å². The maximum atomic E-state index is 10.2. The van der Waals surface area contributed by atoms with Crippen LogP contribution in [0.4, 0.5) is 34.1 Å². The largest absolute Gasteiger partial charge is 0.388 e. The predicted molar refractivity (Wildman–Crippen MR) is 503 cm³/mol. The number of carbonyl (C=O) groups excluding carboxylic acids is 1. The second-order valence-electron chi connectivity index (χ2n) is 27.0. The Morgan fingerprint density at radius 1 is 0.577 bits per heavy atom. The first kappa shape index (κ1) is 113. The van der Waals surface area contributed by atoms with Crippen molar-refractivity contribution >= 4 is 83.0 Å². The zero-order valence-electron chi connectivity index (χ0n) is 72.9. The third kappa shape index (κ3) is 64.1. The monoisotopic (exact) mass is 1580 g/mol. The lowest BCUT2D eigenvalue weighted by molar-refractivity contribution is -0.118. The molecule has 1 amide bonds. The highest BCUT2D eigenvalue weighted by atomic mass is 32.1. The first-order chi connectivity index (χ1) is 52.4. The number of anilines is 6. The summed E-state index contributed by atoms with van der Waals surface area (Å²) in [6.45, 7) is 26.3. The first-order valence-electron chi connectivity index (χ1n) is 39.0. The Morgan fingerprint density at radius 3 is 1.51 bits per heavy atom. The van der Waals surface area contributed by atoms with Crippen molar-refractivity contribution in [1.29, 1.82) is 0 Å². The number of nitrogens with one attached hydrogen (secondary N) is 12. The number of likely N-dealkylation sites (N-methyl/N-ethyl adjacent to an activating group) is 3. The van der Waals surface area contributed by atoms with Gasteiger partial charge in [-0.3, -0.25) is 9.78 Å². The van der Waals surface area contributed by atoms with Gasteiger partial charge in [-0.15, -0.1) is 22.7 Å². The van der Waals surface area contributed by atoms with Gasteiger partial charge in [0.15, 0.2) is 0 Å². The van der Waals surface area contributed by atoms with E-state index in [-0.39, 0.29) is 20.8 Å². The number of ether oxygens (including phenoxy) is 1. The number of aryl methyl sites for hydroxylation is 2. The summed E-state index contributed by atoms with van der Waals surface area (Å²) in [6, 6.07) is 44.3. The number of pyridine rings is 1. The minimum absolute atomic E-state index is 0. The number of thiophene rings is 1. The molecule has 3 aromatic heterocycles. The molecule has 2 fully saturated rings. The Hall–Kier alpha value is -7.03. The van der Waals surface area contributed by atoms with Gasteiger partial charge in [-0.2, -0.15) is 0 Å². The van der Waals surface area contributed by atoms with E-state index in [0.29, 0.717) is 6.54 Å². The van der Waals surface area contributed by atoms with Gasteiger partial charge in [0.2, 0.25) is 5.91 Å². The molecule has 0 spiro atoms. The Labute approximate surface area is 687 Å². The lowest BCUT2D eigenvalue weighted by atomic mass is 9.91. The van der Waals surface area contributed by atoms with Crippen LogP contribution in [0, 0.1) is 25.7 Å². The fraction of sp³-hybridized carbons (Fsp3) is 0.562. The van der Waals surface area contributed by atoms with E-state index in [4.69, 9.17) is 4.74 Å². The summed E-state index contributed by atoms with van der Waals surface area (Å²) in [5, 5.41) is 39.8. The van der Waals surface area contributed by atoms with Crippen molar-refractivity contribution < 1.29 is 9.53 Å². The summed E-state index contributed by atoms with van der Waals surface area (Å²) in [5.74, 6) is 1.91. The number of methoxy groups -OCH3 is 1. The van der Waals surface area contributed by atoms with Crippen LogP contribution in [0.5, 0.6) is 0 Å². The van der Waals surface area contributed by atoms with E-state index in [1.54, 1.807) is 36.0 Å². The van der Waals surface area contributed by atoms with E-state index < -0.39 is 0 Å². The van der Waals surface area contributed by atoms with Gasteiger partial charge >= 0.3 is 0 Å². The molecule has 1 saturated carbocycles. The van der Waals surface area contributed by atoms with Crippen molar-refractivity contribution in [1.82, 2.24) is 61.9 Å². The molecule has 0 radical (unpaired) electrons. The van der Waals surface area contributed by atoms with Crippen LogP contribution >= 0.6 is 22.7 Å². The minimum Gasteiger partial charge on any atom is -0.388 e. The van der Waals surface area contributed by atoms with Gasteiger partial charge in [0.1, 0.15) is 0 Å². The summed E-state index contributed by atoms with van der Waals surface area (Å²) in [4.78, 5) is 27.2. The lowest BCUT2D eigenvalue weighted by Crippen LogP contribution is -2.34. The number of fused-ring (bicyclic) bond motifs is 2. The smallest absolute Gasteiger partial charge is 0.216 e. The number of piperidine rings is 1. The molecule has 4 heterocycles. The fourth-order valence-corrected chi connectivity index (χ4v) is 11.8. The molecule has 634 valence electrons. The molecule has 2 aliphatic rings. The number of nitrogens with zero attached hydrogens (tertiary/aromatic N) is 6. The first-order valence-corrected chi connectivity index (χ1v) is 40.8. The van der Waals surface area contributed by atoms with E-state index in [1.807, 2.05) is 178 Å². The van der Waals surface area contributed by atoms with Gasteiger partial charge < -0.3 is 88.1 Å². The van der Waals surface area contributed by atoms with Crippen LogP contribution in [0.3, 0.4) is 0 Å². The molecule has 8 aromatic rings. The quantitative estimate of drug-likeness (QED) is 0.0269. The van der Waals surface area contributed by atoms with Crippen LogP contribution in [-0.2, 0) is 16.1 Å². The molecule has 20 nitrogen and oxygen atoms in total. The van der Waals surface area contributed by atoms with Crippen LogP contribution in [0.25, 0.3) is 20.3 Å². The predicted octanol–water partition coefficient (Wildman–Crippen LogP) is 16.9. The van der Waals surface area contributed by atoms with Gasteiger partial charge in [0, 0.05) is 160 Å². The molecule has 111 heavy (non-hydrogen) atoms. The van der Waals surface area contributed by atoms with Crippen LogP contribution in [0.2, 0.25) is 0 Å². The number of benzene rings is 5. The van der Waals surface area contributed by atoms with Crippen LogP contribution in [0.1, 0.15) is 118 Å². The van der Waals surface area contributed by atoms with Gasteiger partial charge in [-0.05, 0) is 281 Å². The lowest BCUT2D eigenvalue weighted by Gasteiger charge is -2.25. The maximum absolute atomic E-state index is 10.2. The Kier molecular flexibility index (Phi) is 79.3. The van der Waals surface area contributed by atoms with Crippen molar-refractivity contribution in [2.24, 2.45) is 11.8 Å². The number of hydrogen-bond acceptors (Lipinski definition) is 21. The summed E-state index contributed by atoms with van der Waals surface area (Å²) in [6.07, 6.45) is 14.7. The number of likely N-dealkylation sites (tertiary alicyclic amines) is 1. The Balaban J connectivity index is -0.000000368. The fourth-order valence-electron chi connectivity index (χ4n) is 10.3. The summed E-state index contributed by atoms with van der Waals surface area (Å²) in [7, 11) is 37.2. The van der Waals surface area contributed by atoms with Gasteiger partial charge in [0.05, 0.1) is 22.3 Å². The van der Waals surface area contributed by atoms with E-state index in [9.17, 15) is 4.79 Å². The zero-order valence-corrected chi connectivity index (χ0v) is 74.6. The van der Waals surface area contributed by atoms with Crippen molar-refractivity contribution in [3.05, 3.63) is 167 Å². The Morgan fingerprint density at radius 2 is 1.11 bits per heavy atom. The topological polar surface area (TPSA) is 209 Å². The molecule has 10 rings (SSSR count). The molecule has 3 unspecified atom stereocenters. The number of hydrogen-bond donors (Lipinski definition) is 12. The molecule has 22 heteroatoms. The summed E-state index contributed by atoms with van der Waals surface area (Å²) in [5.41, 5.74) is 13.8. The molecular formula is C89H164N18O2S2. The van der Waals surface area contributed by atoms with Gasteiger partial charge in [-0.1, -0.05) is 97.4 Å². The van der Waals surface area contributed by atoms with Crippen molar-refractivity contribution in [3.8, 4) is 0 Å². The average molecular weight is 1580 g/mol. The highest BCUT2D eigenvalue weighted by Crippen LogP contribution is 2.33. The summed E-state index contributed by atoms with van der Waals surface area (Å²) >= 11 is 3.44. The maximum Gasteiger partial charge on any atom is 0.216 e. The molecular weight excluding hydrogens is 1420 g/mol. The second-order valence-corrected chi connectivity index (χ2v) is 28.8. The third-order valence-electron chi connectivity index (χ3n) is 16.5. The van der Waals surface area contributed by atoms with E-state index >= 15 is 0 Å².